The van der Waals surface area contributed by atoms with Crippen molar-refractivity contribution in [3.8, 4) is 22.5 Å². The Morgan fingerprint density at radius 1 is 1.00 bits per heavy atom. The van der Waals surface area contributed by atoms with Gasteiger partial charge in [-0.05, 0) is 26.0 Å². The number of rotatable bonds is 3. The number of pyridine rings is 1. The molecule has 0 saturated heterocycles. The average Bonchev–Trinajstić information content (AvgIpc) is 3.22. The second-order valence-electron chi connectivity index (χ2n) is 7.59. The summed E-state index contributed by atoms with van der Waals surface area (Å²) in [5.41, 5.74) is 6.46. The lowest BCUT2D eigenvalue weighted by atomic mass is 10.0. The number of aromatic amines is 2. The van der Waals surface area contributed by atoms with E-state index >= 15 is 0 Å². The third-order valence-corrected chi connectivity index (χ3v) is 5.26. The van der Waals surface area contributed by atoms with Crippen LogP contribution in [0.15, 0.2) is 65.1 Å². The zero-order valence-corrected chi connectivity index (χ0v) is 17.7. The third kappa shape index (κ3) is 3.51. The number of nitrogens with one attached hydrogen (secondary N) is 2. The topological polar surface area (TPSA) is 87.3 Å². The van der Waals surface area contributed by atoms with Gasteiger partial charge in [-0.1, -0.05) is 53.6 Å². The van der Waals surface area contributed by atoms with E-state index < -0.39 is 0 Å². The summed E-state index contributed by atoms with van der Waals surface area (Å²) in [4.78, 5) is 24.9. The lowest BCUT2D eigenvalue weighted by molar-refractivity contribution is 1.12. The Hall–Kier alpha value is -3.77. The van der Waals surface area contributed by atoms with Crippen LogP contribution >= 0.6 is 11.6 Å². The van der Waals surface area contributed by atoms with Crippen LogP contribution in [-0.4, -0.2) is 25.1 Å². The molecular weight excluding hydrogens is 410 g/mol. The van der Waals surface area contributed by atoms with Crippen LogP contribution in [0.2, 0.25) is 5.02 Å². The molecule has 3 aromatic heterocycles. The zero-order chi connectivity index (χ0) is 21.5. The van der Waals surface area contributed by atoms with E-state index in [-0.39, 0.29) is 5.56 Å². The minimum Gasteiger partial charge on any atom is -0.305 e. The van der Waals surface area contributed by atoms with Crippen LogP contribution in [0.1, 0.15) is 19.4 Å². The Balaban J connectivity index is 1.89. The van der Waals surface area contributed by atoms with Gasteiger partial charge in [-0.15, -0.1) is 0 Å². The molecule has 0 aliphatic heterocycles. The molecule has 0 fully saturated rings. The number of halogens is 1. The summed E-state index contributed by atoms with van der Waals surface area (Å²) < 4.78 is 0. The smallest absolute Gasteiger partial charge is 0.250 e. The average molecular weight is 428 g/mol. The van der Waals surface area contributed by atoms with E-state index in [1.807, 2.05) is 62.4 Å². The van der Waals surface area contributed by atoms with Crippen LogP contribution in [0.3, 0.4) is 0 Å². The van der Waals surface area contributed by atoms with Gasteiger partial charge < -0.3 is 4.98 Å². The van der Waals surface area contributed by atoms with Gasteiger partial charge in [-0.25, -0.2) is 9.97 Å². The Labute approximate surface area is 182 Å². The molecule has 0 unspecified atom stereocenters. The molecule has 6 nitrogen and oxygen atoms in total. The van der Waals surface area contributed by atoms with Gasteiger partial charge in [0.05, 0.1) is 28.1 Å². The molecule has 2 N–H and O–H groups in total. The summed E-state index contributed by atoms with van der Waals surface area (Å²) in [5, 5.41) is 8.44. The molecule has 0 aliphatic carbocycles. The van der Waals surface area contributed by atoms with E-state index in [9.17, 15) is 4.79 Å². The molecule has 0 atom stereocenters. The number of benzene rings is 2. The van der Waals surface area contributed by atoms with E-state index in [1.54, 1.807) is 12.3 Å². The molecule has 5 rings (SSSR count). The van der Waals surface area contributed by atoms with Crippen molar-refractivity contribution in [1.82, 2.24) is 25.1 Å². The minimum absolute atomic E-state index is 0.219. The highest BCUT2D eigenvalue weighted by Crippen LogP contribution is 2.35. The van der Waals surface area contributed by atoms with Gasteiger partial charge in [0, 0.05) is 28.1 Å². The number of hydrogen-bond acceptors (Lipinski definition) is 4. The summed E-state index contributed by atoms with van der Waals surface area (Å²) in [6, 6.07) is 15.2. The van der Waals surface area contributed by atoms with Gasteiger partial charge in [0.25, 0.3) is 0 Å². The van der Waals surface area contributed by atoms with Crippen molar-refractivity contribution < 1.29 is 0 Å². The van der Waals surface area contributed by atoms with Gasteiger partial charge in [0.15, 0.2) is 5.65 Å². The molecule has 0 aliphatic rings. The standard InChI is InChI=1S/C24H18ClN5O/c1-13(2)8-15-11-19(31)27-24-23(15)28-22(21(29-24)14-6-4-3-5-7-14)16-9-17-12-26-30-20(17)18(25)10-16/h3-12H,1-2H3,(H,26,30)(H,27,29,31). The molecular formula is C24H18ClN5O. The summed E-state index contributed by atoms with van der Waals surface area (Å²) in [6.45, 7) is 3.96. The van der Waals surface area contributed by atoms with E-state index in [1.165, 1.54) is 0 Å². The van der Waals surface area contributed by atoms with Crippen LogP contribution in [0, 0.1) is 0 Å². The second kappa shape index (κ2) is 7.49. The van der Waals surface area contributed by atoms with E-state index in [0.29, 0.717) is 27.6 Å². The lowest BCUT2D eigenvalue weighted by Crippen LogP contribution is -2.08. The minimum atomic E-state index is -0.219. The molecule has 2 aromatic carbocycles. The lowest BCUT2D eigenvalue weighted by Gasteiger charge is -2.12. The van der Waals surface area contributed by atoms with Crippen molar-refractivity contribution >= 4 is 39.7 Å². The SMILES string of the molecule is CC(C)=Cc1cc(=O)[nH]c2nc(-c3ccccc3)c(-c3cc(Cl)c4[nH]ncc4c3)nc12. The molecule has 31 heavy (non-hydrogen) atoms. The van der Waals surface area contributed by atoms with E-state index in [2.05, 4.69) is 15.2 Å². The van der Waals surface area contributed by atoms with Crippen molar-refractivity contribution in [1.29, 1.82) is 0 Å². The van der Waals surface area contributed by atoms with Crippen molar-refractivity contribution in [2.24, 2.45) is 0 Å². The summed E-state index contributed by atoms with van der Waals surface area (Å²) in [5.74, 6) is 0. The van der Waals surface area contributed by atoms with Crippen LogP contribution < -0.4 is 5.56 Å². The zero-order valence-electron chi connectivity index (χ0n) is 16.9. The Morgan fingerprint density at radius 3 is 2.55 bits per heavy atom. The molecule has 5 aromatic rings. The molecule has 152 valence electrons. The van der Waals surface area contributed by atoms with E-state index in [4.69, 9.17) is 21.6 Å². The Morgan fingerprint density at radius 2 is 1.77 bits per heavy atom. The van der Waals surface area contributed by atoms with Crippen molar-refractivity contribution in [3.63, 3.8) is 0 Å². The second-order valence-corrected chi connectivity index (χ2v) is 7.99. The molecule has 0 amide bonds. The van der Waals surface area contributed by atoms with Crippen LogP contribution in [0.4, 0.5) is 0 Å². The molecule has 0 spiro atoms. The van der Waals surface area contributed by atoms with Crippen LogP contribution in [0.5, 0.6) is 0 Å². The molecule has 3 heterocycles. The molecule has 0 bridgehead atoms. The Kier molecular flexibility index (Phi) is 4.64. The van der Waals surface area contributed by atoms with Crippen molar-refractivity contribution in [3.05, 3.63) is 81.2 Å². The summed E-state index contributed by atoms with van der Waals surface area (Å²) in [7, 11) is 0. The van der Waals surface area contributed by atoms with Gasteiger partial charge in [0.1, 0.15) is 5.52 Å². The van der Waals surface area contributed by atoms with Gasteiger partial charge >= 0.3 is 0 Å². The van der Waals surface area contributed by atoms with Crippen molar-refractivity contribution in [2.75, 3.05) is 0 Å². The number of H-pyrrole nitrogens is 2. The van der Waals surface area contributed by atoms with Crippen LogP contribution in [-0.2, 0) is 0 Å². The van der Waals surface area contributed by atoms with Crippen molar-refractivity contribution in [2.45, 2.75) is 13.8 Å². The number of allylic oxidation sites excluding steroid dienone is 1. The van der Waals surface area contributed by atoms with Gasteiger partial charge in [-0.3, -0.25) is 9.89 Å². The highest BCUT2D eigenvalue weighted by Gasteiger charge is 2.17. The first-order valence-electron chi connectivity index (χ1n) is 9.78. The highest BCUT2D eigenvalue weighted by atomic mass is 35.5. The number of aromatic nitrogens is 5. The largest absolute Gasteiger partial charge is 0.305 e. The maximum atomic E-state index is 12.3. The molecule has 0 saturated carbocycles. The summed E-state index contributed by atoms with van der Waals surface area (Å²) in [6.07, 6.45) is 3.66. The predicted octanol–water partition coefficient (Wildman–Crippen LogP) is 5.61. The fourth-order valence-corrected chi connectivity index (χ4v) is 3.93. The predicted molar refractivity (Wildman–Crippen MR) is 125 cm³/mol. The van der Waals surface area contributed by atoms with E-state index in [0.717, 1.165) is 33.2 Å². The van der Waals surface area contributed by atoms with Gasteiger partial charge in [-0.2, -0.15) is 5.10 Å². The van der Waals surface area contributed by atoms with Crippen LogP contribution in [0.25, 0.3) is 50.7 Å². The fraction of sp³-hybridized carbons (Fsp3) is 0.0833. The third-order valence-electron chi connectivity index (χ3n) is 4.96. The first-order valence-corrected chi connectivity index (χ1v) is 10.2. The highest BCUT2D eigenvalue weighted by molar-refractivity contribution is 6.35. The number of hydrogen-bond donors (Lipinski definition) is 2. The first kappa shape index (κ1) is 19.2. The fourth-order valence-electron chi connectivity index (χ4n) is 3.66. The normalized spacial score (nSPS) is 11.2. The maximum Gasteiger partial charge on any atom is 0.250 e. The quantitative estimate of drug-likeness (QED) is 0.392. The monoisotopic (exact) mass is 427 g/mol. The number of fused-ring (bicyclic) bond motifs is 2. The maximum absolute atomic E-state index is 12.3. The molecule has 0 radical (unpaired) electrons. The summed E-state index contributed by atoms with van der Waals surface area (Å²) >= 11 is 6.51. The Bertz CT molecular complexity index is 1530. The number of nitrogens with zero attached hydrogens (tertiary/aromatic N) is 3. The molecule has 7 heteroatoms. The first-order chi connectivity index (χ1) is 15.0. The van der Waals surface area contributed by atoms with Gasteiger partial charge in [0.2, 0.25) is 5.56 Å².